The van der Waals surface area contributed by atoms with Crippen molar-refractivity contribution >= 4 is 5.97 Å². The Labute approximate surface area is 94.6 Å². The molecule has 5 nitrogen and oxygen atoms in total. The minimum atomic E-state index is -1.07. The van der Waals surface area contributed by atoms with Gasteiger partial charge in [0.15, 0.2) is 6.61 Å². The molecular formula is C11H17NO4. The second-order valence-corrected chi connectivity index (χ2v) is 4.40. The van der Waals surface area contributed by atoms with E-state index in [9.17, 15) is 14.9 Å². The largest absolute Gasteiger partial charge is 0.455 e. The molecule has 0 aliphatic heterocycles. The van der Waals surface area contributed by atoms with Gasteiger partial charge in [0.1, 0.15) is 0 Å². The average molecular weight is 227 g/mol. The number of nitro groups is 1. The van der Waals surface area contributed by atoms with Crippen LogP contribution >= 0.6 is 0 Å². The summed E-state index contributed by atoms with van der Waals surface area (Å²) >= 11 is 0. The fourth-order valence-corrected chi connectivity index (χ4v) is 1.91. The zero-order chi connectivity index (χ0) is 12.2. The highest BCUT2D eigenvalue weighted by atomic mass is 16.6. The van der Waals surface area contributed by atoms with Crippen LogP contribution in [0, 0.1) is 10.1 Å². The third-order valence-corrected chi connectivity index (χ3v) is 2.99. The Hall–Kier alpha value is -1.39. The zero-order valence-corrected chi connectivity index (χ0v) is 9.53. The van der Waals surface area contributed by atoms with Gasteiger partial charge in [-0.3, -0.25) is 10.1 Å². The molecule has 0 bridgehead atoms. The van der Waals surface area contributed by atoms with Gasteiger partial charge in [0.2, 0.25) is 0 Å². The van der Waals surface area contributed by atoms with Crippen molar-refractivity contribution in [3.05, 3.63) is 22.3 Å². The fourth-order valence-electron chi connectivity index (χ4n) is 1.91. The highest BCUT2D eigenvalue weighted by Gasteiger charge is 2.45. The number of nitrogens with zero attached hydrogens (tertiary/aromatic N) is 1. The van der Waals surface area contributed by atoms with E-state index >= 15 is 0 Å². The van der Waals surface area contributed by atoms with Crippen LogP contribution in [0.3, 0.4) is 0 Å². The summed E-state index contributed by atoms with van der Waals surface area (Å²) in [6.45, 7) is 4.84. The van der Waals surface area contributed by atoms with Crippen LogP contribution in [0.4, 0.5) is 0 Å². The molecular weight excluding hydrogens is 210 g/mol. The van der Waals surface area contributed by atoms with Crippen molar-refractivity contribution in [2.24, 2.45) is 0 Å². The van der Waals surface area contributed by atoms with Gasteiger partial charge in [0.05, 0.1) is 0 Å². The molecule has 0 aromatic heterocycles. The lowest BCUT2D eigenvalue weighted by atomic mass is 9.83. The van der Waals surface area contributed by atoms with Crippen LogP contribution in [0.15, 0.2) is 12.2 Å². The first kappa shape index (κ1) is 12.7. The number of hydrogen-bond acceptors (Lipinski definition) is 4. The Morgan fingerprint density at radius 2 is 2.00 bits per heavy atom. The van der Waals surface area contributed by atoms with Crippen molar-refractivity contribution in [2.75, 3.05) is 6.61 Å². The van der Waals surface area contributed by atoms with Crippen LogP contribution in [0.5, 0.6) is 0 Å². The zero-order valence-electron chi connectivity index (χ0n) is 9.53. The summed E-state index contributed by atoms with van der Waals surface area (Å²) in [6, 6.07) is 0. The molecule has 1 aliphatic rings. The van der Waals surface area contributed by atoms with E-state index in [4.69, 9.17) is 4.74 Å². The Morgan fingerprint density at radius 3 is 2.44 bits per heavy atom. The first-order valence-corrected chi connectivity index (χ1v) is 5.45. The Morgan fingerprint density at radius 1 is 1.44 bits per heavy atom. The van der Waals surface area contributed by atoms with E-state index < -0.39 is 11.5 Å². The van der Waals surface area contributed by atoms with E-state index in [-0.39, 0.29) is 17.1 Å². The lowest BCUT2D eigenvalue weighted by molar-refractivity contribution is -0.578. The molecule has 16 heavy (non-hydrogen) atoms. The summed E-state index contributed by atoms with van der Waals surface area (Å²) in [7, 11) is 0. The van der Waals surface area contributed by atoms with Crippen LogP contribution in [0.25, 0.3) is 0 Å². The molecule has 0 radical (unpaired) electrons. The molecule has 1 rings (SSSR count). The topological polar surface area (TPSA) is 69.4 Å². The summed E-state index contributed by atoms with van der Waals surface area (Å²) in [5, 5.41) is 11.1. The molecule has 0 N–H and O–H groups in total. The molecule has 0 saturated heterocycles. The highest BCUT2D eigenvalue weighted by Crippen LogP contribution is 2.31. The standard InChI is InChI=1S/C11H17NO4/c1-9(2)10(13)16-8-11(12(14)15)6-4-3-5-7-11/h1,3-8H2,2H3. The minimum absolute atomic E-state index is 0.133. The monoisotopic (exact) mass is 227 g/mol. The van der Waals surface area contributed by atoms with Gasteiger partial charge in [-0.2, -0.15) is 0 Å². The van der Waals surface area contributed by atoms with Crippen LogP contribution < -0.4 is 0 Å². The number of carbonyl (C=O) groups excluding carboxylic acids is 1. The van der Waals surface area contributed by atoms with Crippen molar-refractivity contribution in [3.63, 3.8) is 0 Å². The average Bonchev–Trinajstić information content (AvgIpc) is 2.26. The number of ether oxygens (including phenoxy) is 1. The third kappa shape index (κ3) is 2.81. The third-order valence-electron chi connectivity index (χ3n) is 2.99. The van der Waals surface area contributed by atoms with Crippen LogP contribution in [-0.4, -0.2) is 23.0 Å². The van der Waals surface area contributed by atoms with Crippen molar-refractivity contribution in [1.82, 2.24) is 0 Å². The van der Waals surface area contributed by atoms with E-state index in [0.29, 0.717) is 12.8 Å². The highest BCUT2D eigenvalue weighted by molar-refractivity contribution is 5.86. The molecule has 1 saturated carbocycles. The SMILES string of the molecule is C=C(C)C(=O)OCC1([N+](=O)[O-])CCCCC1. The number of rotatable bonds is 4. The quantitative estimate of drug-likeness (QED) is 0.319. The number of hydrogen-bond donors (Lipinski definition) is 0. The van der Waals surface area contributed by atoms with Crippen molar-refractivity contribution in [2.45, 2.75) is 44.6 Å². The van der Waals surface area contributed by atoms with E-state index in [0.717, 1.165) is 19.3 Å². The Kier molecular flexibility index (Phi) is 4.04. The van der Waals surface area contributed by atoms with Crippen LogP contribution in [-0.2, 0) is 9.53 Å². The Balaban J connectivity index is 2.61. The molecule has 0 aromatic carbocycles. The normalized spacial score (nSPS) is 18.8. The van der Waals surface area contributed by atoms with E-state index in [2.05, 4.69) is 6.58 Å². The molecule has 1 fully saturated rings. The maximum absolute atomic E-state index is 11.2. The molecule has 0 aromatic rings. The molecule has 1 aliphatic carbocycles. The van der Waals surface area contributed by atoms with Gasteiger partial charge in [-0.1, -0.05) is 13.0 Å². The molecule has 0 spiro atoms. The molecule has 0 amide bonds. The van der Waals surface area contributed by atoms with Crippen molar-refractivity contribution < 1.29 is 14.5 Å². The maximum Gasteiger partial charge on any atom is 0.333 e. The number of esters is 1. The first-order chi connectivity index (χ1) is 7.48. The number of carbonyl (C=O) groups is 1. The molecule has 90 valence electrons. The predicted octanol–water partition coefficient (Wildman–Crippen LogP) is 2.09. The van der Waals surface area contributed by atoms with E-state index in [1.165, 1.54) is 6.92 Å². The summed E-state index contributed by atoms with van der Waals surface area (Å²) in [5.41, 5.74) is -0.794. The molecule has 5 heteroatoms. The summed E-state index contributed by atoms with van der Waals surface area (Å²) in [6.07, 6.45) is 3.65. The summed E-state index contributed by atoms with van der Waals surface area (Å²) < 4.78 is 4.93. The fraction of sp³-hybridized carbons (Fsp3) is 0.727. The lowest BCUT2D eigenvalue weighted by Crippen LogP contribution is -2.45. The van der Waals surface area contributed by atoms with E-state index in [1.54, 1.807) is 0 Å². The minimum Gasteiger partial charge on any atom is -0.455 e. The second-order valence-electron chi connectivity index (χ2n) is 4.40. The molecule has 0 atom stereocenters. The smallest absolute Gasteiger partial charge is 0.333 e. The van der Waals surface area contributed by atoms with Crippen LogP contribution in [0.2, 0.25) is 0 Å². The van der Waals surface area contributed by atoms with Crippen molar-refractivity contribution in [1.29, 1.82) is 0 Å². The van der Waals surface area contributed by atoms with Gasteiger partial charge in [-0.05, 0) is 19.8 Å². The van der Waals surface area contributed by atoms with E-state index in [1.807, 2.05) is 0 Å². The lowest BCUT2D eigenvalue weighted by Gasteiger charge is -2.28. The second kappa shape index (κ2) is 5.09. The predicted molar refractivity (Wildman–Crippen MR) is 58.6 cm³/mol. The summed E-state index contributed by atoms with van der Waals surface area (Å²) in [5.74, 6) is -0.549. The Bertz CT molecular complexity index is 305. The maximum atomic E-state index is 11.2. The van der Waals surface area contributed by atoms with Gasteiger partial charge in [0.25, 0.3) is 5.54 Å². The van der Waals surface area contributed by atoms with Crippen molar-refractivity contribution in [3.8, 4) is 0 Å². The first-order valence-electron chi connectivity index (χ1n) is 5.45. The van der Waals surface area contributed by atoms with Gasteiger partial charge in [0, 0.05) is 23.3 Å². The summed E-state index contributed by atoms with van der Waals surface area (Å²) in [4.78, 5) is 22.0. The van der Waals surface area contributed by atoms with Gasteiger partial charge in [-0.15, -0.1) is 0 Å². The van der Waals surface area contributed by atoms with Crippen LogP contribution in [0.1, 0.15) is 39.0 Å². The van der Waals surface area contributed by atoms with Gasteiger partial charge in [-0.25, -0.2) is 4.79 Å². The molecule has 0 heterocycles. The molecule has 0 unspecified atom stereocenters. The van der Waals surface area contributed by atoms with Gasteiger partial charge < -0.3 is 4.74 Å². The van der Waals surface area contributed by atoms with Gasteiger partial charge >= 0.3 is 5.97 Å².